The number of hydrogen-bond acceptors (Lipinski definition) is 5. The fourth-order valence-electron chi connectivity index (χ4n) is 1.22. The van der Waals surface area contributed by atoms with Crippen LogP contribution in [0.5, 0.6) is 5.75 Å². The fourth-order valence-corrected chi connectivity index (χ4v) is 2.28. The number of ether oxygens (including phenoxy) is 1. The van der Waals surface area contributed by atoms with Crippen molar-refractivity contribution in [1.82, 2.24) is 0 Å². The number of sulfone groups is 1. The monoisotopic (exact) mass is 258 g/mol. The van der Waals surface area contributed by atoms with Gasteiger partial charge in [0.1, 0.15) is 12.0 Å². The molecule has 1 rings (SSSR count). The Morgan fingerprint density at radius 1 is 1.35 bits per heavy atom. The number of rotatable bonds is 7. The lowest BCUT2D eigenvalue weighted by Gasteiger charge is -2.07. The summed E-state index contributed by atoms with van der Waals surface area (Å²) in [4.78, 5) is 10.2. The summed E-state index contributed by atoms with van der Waals surface area (Å²) in [6.45, 7) is -0.203. The first kappa shape index (κ1) is 13.7. The second-order valence-corrected chi connectivity index (χ2v) is 5.43. The molecule has 0 aliphatic carbocycles. The molecule has 0 atom stereocenters. The summed E-state index contributed by atoms with van der Waals surface area (Å²) < 4.78 is 28.5. The number of carbonyl (C=O) groups is 1. The maximum absolute atomic E-state index is 11.6. The highest BCUT2D eigenvalue weighted by molar-refractivity contribution is 7.91. The molecule has 0 amide bonds. The molecule has 1 N–H and O–H groups in total. The van der Waals surface area contributed by atoms with E-state index in [1.165, 1.54) is 12.1 Å². The molecule has 1 aromatic rings. The van der Waals surface area contributed by atoms with Crippen LogP contribution in [-0.4, -0.2) is 38.8 Å². The zero-order valence-corrected chi connectivity index (χ0v) is 10.0. The Morgan fingerprint density at radius 3 is 2.76 bits per heavy atom. The van der Waals surface area contributed by atoms with Gasteiger partial charge in [-0.15, -0.1) is 0 Å². The second kappa shape index (κ2) is 6.36. The van der Waals surface area contributed by atoms with Crippen molar-refractivity contribution in [3.63, 3.8) is 0 Å². The Labute approximate surface area is 100.0 Å². The number of carbonyl (C=O) groups excluding carboxylic acids is 1. The van der Waals surface area contributed by atoms with Crippen LogP contribution in [0.2, 0.25) is 0 Å². The molecule has 0 saturated heterocycles. The molecule has 0 saturated carbocycles. The van der Waals surface area contributed by atoms with Crippen molar-refractivity contribution in [1.29, 1.82) is 0 Å². The molecule has 5 nitrogen and oxygen atoms in total. The van der Waals surface area contributed by atoms with E-state index in [4.69, 9.17) is 9.84 Å². The Hall–Kier alpha value is -1.40. The molecule has 0 unspecified atom stereocenters. The third kappa shape index (κ3) is 4.16. The van der Waals surface area contributed by atoms with Gasteiger partial charge in [0.25, 0.3) is 0 Å². The Morgan fingerprint density at radius 2 is 2.12 bits per heavy atom. The Balaban J connectivity index is 2.82. The minimum atomic E-state index is -3.46. The minimum absolute atomic E-state index is 0.107. The van der Waals surface area contributed by atoms with Crippen LogP contribution in [0, 0.1) is 0 Å². The van der Waals surface area contributed by atoms with E-state index in [-0.39, 0.29) is 23.7 Å². The van der Waals surface area contributed by atoms with Gasteiger partial charge in [0, 0.05) is 6.42 Å². The van der Waals surface area contributed by atoms with Gasteiger partial charge in [-0.05, 0) is 18.2 Å². The topological polar surface area (TPSA) is 80.7 Å². The van der Waals surface area contributed by atoms with Gasteiger partial charge in [0.15, 0.2) is 9.84 Å². The molecule has 0 fully saturated rings. The van der Waals surface area contributed by atoms with Crippen LogP contribution in [0.25, 0.3) is 0 Å². The molecule has 0 radical (unpaired) electrons. The van der Waals surface area contributed by atoms with Crippen LogP contribution in [0.4, 0.5) is 0 Å². The maximum Gasteiger partial charge on any atom is 0.180 e. The summed E-state index contributed by atoms with van der Waals surface area (Å²) >= 11 is 0. The lowest BCUT2D eigenvalue weighted by molar-refractivity contribution is -0.108. The highest BCUT2D eigenvalue weighted by Crippen LogP contribution is 2.18. The second-order valence-electron chi connectivity index (χ2n) is 3.32. The van der Waals surface area contributed by atoms with Crippen molar-refractivity contribution in [2.45, 2.75) is 11.3 Å². The predicted octanol–water partition coefficient (Wildman–Crippen LogP) is 0.420. The summed E-state index contributed by atoms with van der Waals surface area (Å²) in [7, 11) is -3.46. The fraction of sp³-hybridized carbons (Fsp3) is 0.364. The predicted molar refractivity (Wildman–Crippen MR) is 61.8 cm³/mol. The normalized spacial score (nSPS) is 11.1. The van der Waals surface area contributed by atoms with Crippen LogP contribution < -0.4 is 4.74 Å². The van der Waals surface area contributed by atoms with E-state index >= 15 is 0 Å². The first-order valence-corrected chi connectivity index (χ1v) is 6.75. The van der Waals surface area contributed by atoms with Gasteiger partial charge >= 0.3 is 0 Å². The highest BCUT2D eigenvalue weighted by Gasteiger charge is 2.14. The average molecular weight is 258 g/mol. The Bertz CT molecular complexity index is 467. The number of hydrogen-bond donors (Lipinski definition) is 1. The van der Waals surface area contributed by atoms with Gasteiger partial charge in [-0.2, -0.15) is 0 Å². The van der Waals surface area contributed by atoms with Crippen molar-refractivity contribution >= 4 is 16.1 Å². The van der Waals surface area contributed by atoms with Crippen molar-refractivity contribution in [2.24, 2.45) is 0 Å². The molecule has 0 aliphatic heterocycles. The van der Waals surface area contributed by atoms with E-state index in [2.05, 4.69) is 0 Å². The first-order chi connectivity index (χ1) is 8.10. The van der Waals surface area contributed by atoms with Gasteiger partial charge in [-0.3, -0.25) is 0 Å². The largest absolute Gasteiger partial charge is 0.493 e. The van der Waals surface area contributed by atoms with Gasteiger partial charge in [-0.1, -0.05) is 6.07 Å². The van der Waals surface area contributed by atoms with Crippen molar-refractivity contribution in [3.8, 4) is 5.75 Å². The molecular formula is C11H14O5S. The van der Waals surface area contributed by atoms with E-state index < -0.39 is 16.4 Å². The number of aliphatic hydroxyl groups is 1. The minimum Gasteiger partial charge on any atom is -0.493 e. The smallest absolute Gasteiger partial charge is 0.180 e. The third-order valence-electron chi connectivity index (χ3n) is 2.03. The molecule has 17 heavy (non-hydrogen) atoms. The van der Waals surface area contributed by atoms with E-state index in [0.29, 0.717) is 5.75 Å². The molecule has 0 spiro atoms. The zero-order valence-electron chi connectivity index (χ0n) is 9.20. The van der Waals surface area contributed by atoms with Crippen molar-refractivity contribution in [3.05, 3.63) is 24.3 Å². The van der Waals surface area contributed by atoms with Gasteiger partial charge < -0.3 is 14.6 Å². The van der Waals surface area contributed by atoms with Crippen LogP contribution in [0.1, 0.15) is 6.42 Å². The standard InChI is InChI=1S/C11H14O5S/c12-5-2-7-16-10-3-1-4-11(9-10)17(14,15)8-6-13/h1,3-5,9,13H,2,6-8H2. The summed E-state index contributed by atoms with van der Waals surface area (Å²) in [5, 5.41) is 8.66. The van der Waals surface area contributed by atoms with Crippen molar-refractivity contribution in [2.75, 3.05) is 19.0 Å². The van der Waals surface area contributed by atoms with Crippen LogP contribution >= 0.6 is 0 Å². The number of aliphatic hydroxyl groups excluding tert-OH is 1. The first-order valence-electron chi connectivity index (χ1n) is 5.10. The molecule has 0 bridgehead atoms. The van der Waals surface area contributed by atoms with Gasteiger partial charge in [0.05, 0.1) is 23.9 Å². The van der Waals surface area contributed by atoms with Crippen LogP contribution in [0.15, 0.2) is 29.2 Å². The SMILES string of the molecule is O=CCCOc1cccc(S(=O)(=O)CCO)c1. The third-order valence-corrected chi connectivity index (χ3v) is 3.72. The molecule has 0 aliphatic rings. The van der Waals surface area contributed by atoms with Gasteiger partial charge in [0.2, 0.25) is 0 Å². The average Bonchev–Trinajstić information content (AvgIpc) is 2.30. The Kier molecular flexibility index (Phi) is 5.11. The molecule has 1 aromatic carbocycles. The van der Waals surface area contributed by atoms with E-state index in [1.54, 1.807) is 12.1 Å². The van der Waals surface area contributed by atoms with E-state index in [0.717, 1.165) is 6.29 Å². The highest BCUT2D eigenvalue weighted by atomic mass is 32.2. The lowest BCUT2D eigenvalue weighted by atomic mass is 10.3. The zero-order chi connectivity index (χ0) is 12.7. The van der Waals surface area contributed by atoms with E-state index in [1.807, 2.05) is 0 Å². The van der Waals surface area contributed by atoms with E-state index in [9.17, 15) is 13.2 Å². The maximum atomic E-state index is 11.6. The van der Waals surface area contributed by atoms with Crippen molar-refractivity contribution < 1.29 is 23.1 Å². The molecular weight excluding hydrogens is 244 g/mol. The number of benzene rings is 1. The summed E-state index contributed by atoms with van der Waals surface area (Å²) in [5.41, 5.74) is 0. The molecule has 6 heteroatoms. The number of aldehydes is 1. The summed E-state index contributed by atoms with van der Waals surface area (Å²) in [5.74, 6) is 0.0796. The van der Waals surface area contributed by atoms with Crippen LogP contribution in [-0.2, 0) is 14.6 Å². The molecule has 0 aromatic heterocycles. The quantitative estimate of drug-likeness (QED) is 0.566. The van der Waals surface area contributed by atoms with Crippen LogP contribution in [0.3, 0.4) is 0 Å². The summed E-state index contributed by atoms with van der Waals surface area (Å²) in [6, 6.07) is 6.00. The summed E-state index contributed by atoms with van der Waals surface area (Å²) in [6.07, 6.45) is 0.986. The lowest BCUT2D eigenvalue weighted by Crippen LogP contribution is -2.10. The molecule has 94 valence electrons. The van der Waals surface area contributed by atoms with Gasteiger partial charge in [-0.25, -0.2) is 8.42 Å². The molecule has 0 heterocycles.